The Bertz CT molecular complexity index is 569. The summed E-state index contributed by atoms with van der Waals surface area (Å²) < 4.78 is 1.31. The van der Waals surface area contributed by atoms with Crippen molar-refractivity contribution in [3.8, 4) is 18.4 Å². The molecule has 1 aromatic heterocycles. The minimum atomic E-state index is -0.667. The molecular weight excluding hydrogens is 206 g/mol. The zero-order valence-electron chi connectivity index (χ0n) is 8.86. The number of nitriles is 1. The van der Waals surface area contributed by atoms with Crippen molar-refractivity contribution in [3.63, 3.8) is 0 Å². The third kappa shape index (κ3) is 2.21. The number of rotatable bonds is 3. The van der Waals surface area contributed by atoms with Gasteiger partial charge in [0, 0.05) is 18.7 Å². The number of terminal acetylenes is 1. The summed E-state index contributed by atoms with van der Waals surface area (Å²) in [5.41, 5.74) is -1.29. The van der Waals surface area contributed by atoms with Crippen molar-refractivity contribution in [1.82, 2.24) is 9.55 Å². The van der Waals surface area contributed by atoms with Crippen molar-refractivity contribution in [3.05, 3.63) is 32.6 Å². The molecule has 1 heterocycles. The van der Waals surface area contributed by atoms with Gasteiger partial charge in [-0.15, -0.1) is 12.3 Å². The Morgan fingerprint density at radius 1 is 1.62 bits per heavy atom. The van der Waals surface area contributed by atoms with Gasteiger partial charge in [-0.3, -0.25) is 14.3 Å². The van der Waals surface area contributed by atoms with E-state index in [0.29, 0.717) is 12.8 Å². The quantitative estimate of drug-likeness (QED) is 0.743. The summed E-state index contributed by atoms with van der Waals surface area (Å²) >= 11 is 0. The second kappa shape index (κ2) is 4.99. The number of aromatic nitrogens is 2. The smallest absolute Gasteiger partial charge is 0.295 e. The first-order valence-corrected chi connectivity index (χ1v) is 4.83. The molecule has 0 aromatic carbocycles. The molecule has 82 valence electrons. The Morgan fingerprint density at radius 2 is 2.31 bits per heavy atom. The number of aromatic amines is 1. The molecule has 0 fully saturated rings. The zero-order valence-corrected chi connectivity index (χ0v) is 8.86. The Balaban J connectivity index is 3.35. The number of hydrogen-bond acceptors (Lipinski definition) is 3. The molecule has 0 saturated heterocycles. The van der Waals surface area contributed by atoms with Gasteiger partial charge in [-0.2, -0.15) is 5.26 Å². The summed E-state index contributed by atoms with van der Waals surface area (Å²) in [7, 11) is 0. The topological polar surface area (TPSA) is 78.7 Å². The molecule has 0 spiro atoms. The van der Waals surface area contributed by atoms with E-state index in [-0.39, 0.29) is 11.6 Å². The highest BCUT2D eigenvalue weighted by molar-refractivity contribution is 5.22. The summed E-state index contributed by atoms with van der Waals surface area (Å²) in [6, 6.07) is 1.54. The van der Waals surface area contributed by atoms with E-state index in [1.54, 1.807) is 6.07 Å². The maximum absolute atomic E-state index is 11.5. The molecule has 0 radical (unpaired) electrons. The van der Waals surface area contributed by atoms with Gasteiger partial charge in [0.15, 0.2) is 0 Å². The van der Waals surface area contributed by atoms with E-state index in [1.165, 1.54) is 10.8 Å². The minimum absolute atomic E-state index is 0.0879. The first-order chi connectivity index (χ1) is 7.63. The van der Waals surface area contributed by atoms with Crippen LogP contribution in [0.1, 0.15) is 31.4 Å². The second-order valence-corrected chi connectivity index (χ2v) is 3.29. The highest BCUT2D eigenvalue weighted by atomic mass is 16.2. The van der Waals surface area contributed by atoms with E-state index in [9.17, 15) is 9.59 Å². The van der Waals surface area contributed by atoms with Gasteiger partial charge in [-0.25, -0.2) is 4.79 Å². The van der Waals surface area contributed by atoms with Crippen LogP contribution >= 0.6 is 0 Å². The predicted octanol–water partition coefficient (Wildman–Crippen LogP) is 0.383. The molecule has 0 aliphatic rings. The lowest BCUT2D eigenvalue weighted by Gasteiger charge is -2.14. The predicted molar refractivity (Wildman–Crippen MR) is 58.8 cm³/mol. The number of nitrogens with one attached hydrogen (secondary N) is 1. The molecule has 1 rings (SSSR count). The Labute approximate surface area is 92.4 Å². The lowest BCUT2D eigenvalue weighted by Crippen LogP contribution is -2.33. The van der Waals surface area contributed by atoms with Crippen LogP contribution in [0.3, 0.4) is 0 Å². The van der Waals surface area contributed by atoms with Gasteiger partial charge in [0.1, 0.15) is 11.6 Å². The Kier molecular flexibility index (Phi) is 3.68. The molecule has 1 atom stereocenters. The van der Waals surface area contributed by atoms with Crippen molar-refractivity contribution < 1.29 is 0 Å². The maximum Gasteiger partial charge on any atom is 0.328 e. The molecule has 0 aliphatic carbocycles. The fourth-order valence-electron chi connectivity index (χ4n) is 1.41. The zero-order chi connectivity index (χ0) is 12.1. The maximum atomic E-state index is 11.5. The van der Waals surface area contributed by atoms with E-state index in [4.69, 9.17) is 11.7 Å². The monoisotopic (exact) mass is 217 g/mol. The average molecular weight is 217 g/mol. The molecule has 1 N–H and O–H groups in total. The molecular formula is C11H11N3O2. The van der Waals surface area contributed by atoms with Crippen molar-refractivity contribution in [2.24, 2.45) is 0 Å². The Morgan fingerprint density at radius 3 is 2.81 bits per heavy atom. The van der Waals surface area contributed by atoms with Crippen molar-refractivity contribution in [1.29, 1.82) is 5.26 Å². The van der Waals surface area contributed by atoms with Crippen LogP contribution in [-0.4, -0.2) is 9.55 Å². The first kappa shape index (κ1) is 11.8. The first-order valence-electron chi connectivity index (χ1n) is 4.83. The summed E-state index contributed by atoms with van der Waals surface area (Å²) in [4.78, 5) is 24.8. The van der Waals surface area contributed by atoms with Gasteiger partial charge in [-0.1, -0.05) is 6.92 Å². The molecule has 1 unspecified atom stereocenters. The van der Waals surface area contributed by atoms with Crippen LogP contribution in [0, 0.1) is 23.7 Å². The standard InChI is InChI=1S/C11H11N3O2/c1-3-5-9(4-2)14-7-8(6-12)10(15)13-11(14)16/h1,7,9H,4-5H2,2H3,(H,13,15,16). The van der Waals surface area contributed by atoms with Crippen LogP contribution < -0.4 is 11.2 Å². The van der Waals surface area contributed by atoms with E-state index in [0.717, 1.165) is 0 Å². The van der Waals surface area contributed by atoms with Gasteiger partial charge in [-0.05, 0) is 6.42 Å². The summed E-state index contributed by atoms with van der Waals surface area (Å²) in [5.74, 6) is 2.46. The molecule has 0 bridgehead atoms. The number of hydrogen-bond donors (Lipinski definition) is 1. The lowest BCUT2D eigenvalue weighted by molar-refractivity contribution is 0.472. The summed E-state index contributed by atoms with van der Waals surface area (Å²) in [5, 5.41) is 8.69. The van der Waals surface area contributed by atoms with Crippen LogP contribution in [0.2, 0.25) is 0 Å². The fraction of sp³-hybridized carbons (Fsp3) is 0.364. The van der Waals surface area contributed by atoms with Crippen LogP contribution in [0.15, 0.2) is 15.8 Å². The van der Waals surface area contributed by atoms with Gasteiger partial charge < -0.3 is 0 Å². The van der Waals surface area contributed by atoms with Gasteiger partial charge in [0.05, 0.1) is 0 Å². The molecule has 16 heavy (non-hydrogen) atoms. The second-order valence-electron chi connectivity index (χ2n) is 3.29. The molecule has 5 heteroatoms. The number of nitrogens with zero attached hydrogens (tertiary/aromatic N) is 2. The molecule has 0 amide bonds. The molecule has 0 saturated carbocycles. The minimum Gasteiger partial charge on any atom is -0.295 e. The number of H-pyrrole nitrogens is 1. The van der Waals surface area contributed by atoms with Crippen molar-refractivity contribution in [2.75, 3.05) is 0 Å². The van der Waals surface area contributed by atoms with Crippen LogP contribution in [0.4, 0.5) is 0 Å². The van der Waals surface area contributed by atoms with Gasteiger partial charge >= 0.3 is 5.69 Å². The van der Waals surface area contributed by atoms with Crippen molar-refractivity contribution in [2.45, 2.75) is 25.8 Å². The summed E-state index contributed by atoms with van der Waals surface area (Å²) in [6.45, 7) is 1.88. The van der Waals surface area contributed by atoms with Gasteiger partial charge in [0.25, 0.3) is 5.56 Å². The van der Waals surface area contributed by atoms with E-state index in [2.05, 4.69) is 10.9 Å². The molecule has 5 nitrogen and oxygen atoms in total. The fourth-order valence-corrected chi connectivity index (χ4v) is 1.41. The van der Waals surface area contributed by atoms with Gasteiger partial charge in [0.2, 0.25) is 0 Å². The lowest BCUT2D eigenvalue weighted by atomic mass is 10.1. The SMILES string of the molecule is C#CCC(CC)n1cc(C#N)c(=O)[nH]c1=O. The average Bonchev–Trinajstić information content (AvgIpc) is 2.27. The van der Waals surface area contributed by atoms with E-state index in [1.807, 2.05) is 6.92 Å². The normalized spacial score (nSPS) is 11.4. The highest BCUT2D eigenvalue weighted by Gasteiger charge is 2.11. The highest BCUT2D eigenvalue weighted by Crippen LogP contribution is 2.11. The summed E-state index contributed by atoms with van der Waals surface area (Å²) in [6.07, 6.45) is 7.48. The van der Waals surface area contributed by atoms with E-state index >= 15 is 0 Å². The van der Waals surface area contributed by atoms with Crippen molar-refractivity contribution >= 4 is 0 Å². The third-order valence-corrected chi connectivity index (χ3v) is 2.31. The van der Waals surface area contributed by atoms with E-state index < -0.39 is 11.2 Å². The van der Waals surface area contributed by atoms with Crippen LogP contribution in [0.5, 0.6) is 0 Å². The largest absolute Gasteiger partial charge is 0.328 e. The molecule has 0 aliphatic heterocycles. The van der Waals surface area contributed by atoms with Crippen LogP contribution in [0.25, 0.3) is 0 Å². The third-order valence-electron chi connectivity index (χ3n) is 2.31. The molecule has 1 aromatic rings. The van der Waals surface area contributed by atoms with Crippen LogP contribution in [-0.2, 0) is 0 Å². The Hall–Kier alpha value is -2.27.